The Morgan fingerprint density at radius 2 is 1.86 bits per heavy atom. The van der Waals surface area contributed by atoms with Crippen LogP contribution in [0.2, 0.25) is 0 Å². The third-order valence-electron chi connectivity index (χ3n) is 3.59. The van der Waals surface area contributed by atoms with E-state index in [1.807, 2.05) is 11.8 Å². The summed E-state index contributed by atoms with van der Waals surface area (Å²) in [6.07, 6.45) is 6.12. The minimum Gasteiger partial charge on any atom is -0.392 e. The van der Waals surface area contributed by atoms with Crippen molar-refractivity contribution in [2.24, 2.45) is 5.92 Å². The summed E-state index contributed by atoms with van der Waals surface area (Å²) in [7, 11) is 0. The third kappa shape index (κ3) is 2.44. The minimum absolute atomic E-state index is 0.175. The quantitative estimate of drug-likeness (QED) is 0.739. The maximum Gasteiger partial charge on any atom is 0.0667 e. The van der Waals surface area contributed by atoms with Gasteiger partial charge in [-0.25, -0.2) is 0 Å². The summed E-state index contributed by atoms with van der Waals surface area (Å²) < 4.78 is 0. The smallest absolute Gasteiger partial charge is 0.0667 e. The fraction of sp³-hybridized carbons (Fsp3) is 1.00. The highest BCUT2D eigenvalue weighted by Crippen LogP contribution is 2.37. The Labute approximate surface area is 90.1 Å². The van der Waals surface area contributed by atoms with Crippen molar-refractivity contribution in [1.82, 2.24) is 0 Å². The fourth-order valence-electron chi connectivity index (χ4n) is 2.68. The molecule has 1 aliphatic carbocycles. The lowest BCUT2D eigenvalue weighted by atomic mass is 9.78. The van der Waals surface area contributed by atoms with Gasteiger partial charge in [0.05, 0.1) is 11.7 Å². The van der Waals surface area contributed by atoms with Crippen LogP contribution < -0.4 is 0 Å². The molecule has 2 aliphatic rings. The van der Waals surface area contributed by atoms with Gasteiger partial charge < -0.3 is 10.2 Å². The zero-order valence-corrected chi connectivity index (χ0v) is 9.43. The van der Waals surface area contributed by atoms with E-state index in [0.717, 1.165) is 43.6 Å². The van der Waals surface area contributed by atoms with E-state index in [0.29, 0.717) is 5.92 Å². The maximum absolute atomic E-state index is 10.3. The first kappa shape index (κ1) is 10.8. The van der Waals surface area contributed by atoms with Gasteiger partial charge in [-0.2, -0.15) is 11.8 Å². The first-order valence-electron chi connectivity index (χ1n) is 5.68. The average molecular weight is 216 g/mol. The van der Waals surface area contributed by atoms with Gasteiger partial charge in [-0.05, 0) is 30.9 Å². The molecule has 2 atom stereocenters. The molecule has 1 aliphatic heterocycles. The van der Waals surface area contributed by atoms with Gasteiger partial charge in [0.25, 0.3) is 0 Å². The molecule has 0 aromatic heterocycles. The Morgan fingerprint density at radius 3 is 2.43 bits per heavy atom. The zero-order chi connectivity index (χ0) is 10.0. The van der Waals surface area contributed by atoms with E-state index in [9.17, 15) is 10.2 Å². The highest BCUT2D eigenvalue weighted by Gasteiger charge is 2.36. The first-order chi connectivity index (χ1) is 6.70. The molecule has 0 radical (unpaired) electrons. The Kier molecular flexibility index (Phi) is 3.40. The minimum atomic E-state index is -0.450. The third-order valence-corrected chi connectivity index (χ3v) is 4.83. The van der Waals surface area contributed by atoms with Crippen molar-refractivity contribution in [3.63, 3.8) is 0 Å². The van der Waals surface area contributed by atoms with Crippen LogP contribution in [-0.2, 0) is 0 Å². The molecule has 0 aromatic carbocycles. The lowest BCUT2D eigenvalue weighted by Gasteiger charge is -2.34. The number of aliphatic hydroxyl groups excluding tert-OH is 1. The van der Waals surface area contributed by atoms with Crippen LogP contribution in [0.5, 0.6) is 0 Å². The highest BCUT2D eigenvalue weighted by atomic mass is 32.2. The van der Waals surface area contributed by atoms with Crippen LogP contribution >= 0.6 is 11.8 Å². The van der Waals surface area contributed by atoms with Crippen LogP contribution in [0.4, 0.5) is 0 Å². The summed E-state index contributed by atoms with van der Waals surface area (Å²) in [5, 5.41) is 20.0. The summed E-state index contributed by atoms with van der Waals surface area (Å²) in [6, 6.07) is 0. The second-order valence-electron chi connectivity index (χ2n) is 4.85. The van der Waals surface area contributed by atoms with Crippen LogP contribution in [0, 0.1) is 5.92 Å². The Morgan fingerprint density at radius 1 is 1.14 bits per heavy atom. The number of hydrogen-bond acceptors (Lipinski definition) is 3. The van der Waals surface area contributed by atoms with Crippen LogP contribution in [-0.4, -0.2) is 33.4 Å². The molecule has 0 aromatic rings. The predicted molar refractivity (Wildman–Crippen MR) is 59.5 cm³/mol. The molecular formula is C11H20O2S. The average Bonchev–Trinajstić information content (AvgIpc) is 2.52. The molecule has 0 bridgehead atoms. The topological polar surface area (TPSA) is 40.5 Å². The van der Waals surface area contributed by atoms with Gasteiger partial charge in [0.1, 0.15) is 0 Å². The van der Waals surface area contributed by atoms with Gasteiger partial charge >= 0.3 is 0 Å². The van der Waals surface area contributed by atoms with Crippen molar-refractivity contribution < 1.29 is 10.2 Å². The lowest BCUT2D eigenvalue weighted by Crippen LogP contribution is -2.36. The van der Waals surface area contributed by atoms with Crippen molar-refractivity contribution in [2.75, 3.05) is 11.5 Å². The molecule has 2 rings (SSSR count). The summed E-state index contributed by atoms with van der Waals surface area (Å²) >= 11 is 1.82. The number of thioether (sulfide) groups is 1. The summed E-state index contributed by atoms with van der Waals surface area (Å²) in [4.78, 5) is 0. The zero-order valence-electron chi connectivity index (χ0n) is 8.61. The molecule has 82 valence electrons. The van der Waals surface area contributed by atoms with E-state index in [-0.39, 0.29) is 6.10 Å². The molecule has 2 N–H and O–H groups in total. The van der Waals surface area contributed by atoms with E-state index in [1.165, 1.54) is 6.42 Å². The largest absolute Gasteiger partial charge is 0.392 e. The number of aliphatic hydroxyl groups is 2. The number of hydrogen-bond donors (Lipinski definition) is 2. The maximum atomic E-state index is 10.3. The van der Waals surface area contributed by atoms with Crippen LogP contribution in [0.1, 0.15) is 38.5 Å². The fourth-order valence-corrected chi connectivity index (χ4v) is 3.98. The van der Waals surface area contributed by atoms with E-state index < -0.39 is 5.60 Å². The van der Waals surface area contributed by atoms with E-state index >= 15 is 0 Å². The SMILES string of the molecule is OC1CSCC1CC1(O)CCCCC1. The molecule has 14 heavy (non-hydrogen) atoms. The molecule has 3 heteroatoms. The molecule has 0 spiro atoms. The predicted octanol–water partition coefficient (Wildman–Crippen LogP) is 1.80. The molecule has 1 saturated heterocycles. The monoisotopic (exact) mass is 216 g/mol. The molecular weight excluding hydrogens is 196 g/mol. The van der Waals surface area contributed by atoms with E-state index in [2.05, 4.69) is 0 Å². The Balaban J connectivity index is 1.88. The van der Waals surface area contributed by atoms with Crippen LogP contribution in [0.25, 0.3) is 0 Å². The van der Waals surface area contributed by atoms with E-state index in [4.69, 9.17) is 0 Å². The van der Waals surface area contributed by atoms with Crippen molar-refractivity contribution in [1.29, 1.82) is 0 Å². The molecule has 1 saturated carbocycles. The molecule has 2 unspecified atom stereocenters. The van der Waals surface area contributed by atoms with E-state index in [1.54, 1.807) is 0 Å². The second-order valence-corrected chi connectivity index (χ2v) is 5.93. The van der Waals surface area contributed by atoms with Crippen molar-refractivity contribution >= 4 is 11.8 Å². The van der Waals surface area contributed by atoms with Crippen LogP contribution in [0.15, 0.2) is 0 Å². The second kappa shape index (κ2) is 4.42. The first-order valence-corrected chi connectivity index (χ1v) is 6.83. The van der Waals surface area contributed by atoms with Gasteiger partial charge in [-0.1, -0.05) is 19.3 Å². The Bertz CT molecular complexity index is 190. The van der Waals surface area contributed by atoms with Crippen molar-refractivity contribution in [2.45, 2.75) is 50.2 Å². The van der Waals surface area contributed by atoms with Gasteiger partial charge in [0, 0.05) is 5.75 Å². The van der Waals surface area contributed by atoms with Gasteiger partial charge in [0.2, 0.25) is 0 Å². The van der Waals surface area contributed by atoms with Gasteiger partial charge in [-0.15, -0.1) is 0 Å². The number of rotatable bonds is 2. The van der Waals surface area contributed by atoms with Gasteiger partial charge in [-0.3, -0.25) is 0 Å². The Hall–Kier alpha value is 0.270. The summed E-state index contributed by atoms with van der Waals surface area (Å²) in [5.41, 5.74) is -0.450. The molecule has 0 amide bonds. The standard InChI is InChI=1S/C11H20O2S/c12-10-8-14-7-9(10)6-11(13)4-2-1-3-5-11/h9-10,12-13H,1-8H2. The molecule has 2 fully saturated rings. The van der Waals surface area contributed by atoms with Crippen molar-refractivity contribution in [3.05, 3.63) is 0 Å². The highest BCUT2D eigenvalue weighted by molar-refractivity contribution is 7.99. The normalized spacial score (nSPS) is 37.3. The van der Waals surface area contributed by atoms with Gasteiger partial charge in [0.15, 0.2) is 0 Å². The summed E-state index contributed by atoms with van der Waals surface area (Å²) in [6.45, 7) is 0. The van der Waals surface area contributed by atoms with Crippen LogP contribution in [0.3, 0.4) is 0 Å². The van der Waals surface area contributed by atoms with Crippen molar-refractivity contribution in [3.8, 4) is 0 Å². The molecule has 1 heterocycles. The lowest BCUT2D eigenvalue weighted by molar-refractivity contribution is -0.0288. The molecule has 2 nitrogen and oxygen atoms in total. The summed E-state index contributed by atoms with van der Waals surface area (Å²) in [5.74, 6) is 2.23.